The largest absolute Gasteiger partial charge is 0.449 e. The van der Waals surface area contributed by atoms with Crippen molar-refractivity contribution in [1.29, 1.82) is 0 Å². The Bertz CT molecular complexity index is 718. The van der Waals surface area contributed by atoms with E-state index in [0.29, 0.717) is 0 Å². The smallest absolute Gasteiger partial charge is 0.341 e. The number of ether oxygens (including phenoxy) is 1. The van der Waals surface area contributed by atoms with E-state index in [1.54, 1.807) is 5.32 Å². The summed E-state index contributed by atoms with van der Waals surface area (Å²) in [7, 11) is -4.77. The molecule has 0 aromatic heterocycles. The molecule has 0 radical (unpaired) electrons. The average molecular weight is 350 g/mol. The Balaban J connectivity index is 2.83. The van der Waals surface area contributed by atoms with Crippen molar-refractivity contribution in [3.8, 4) is 0 Å². The molecule has 0 saturated heterocycles. The Morgan fingerprint density at radius 1 is 1.17 bits per heavy atom. The first-order valence-corrected chi connectivity index (χ1v) is 7.53. The van der Waals surface area contributed by atoms with Crippen LogP contribution in [0.5, 0.6) is 0 Å². The van der Waals surface area contributed by atoms with Crippen molar-refractivity contribution >= 4 is 27.7 Å². The third-order valence-corrected chi connectivity index (χ3v) is 3.95. The summed E-state index contributed by atoms with van der Waals surface area (Å²) in [5.74, 6) is -5.56. The summed E-state index contributed by atoms with van der Waals surface area (Å²) in [5, 5.41) is 1.70. The van der Waals surface area contributed by atoms with Crippen molar-refractivity contribution in [2.45, 2.75) is 23.7 Å². The Morgan fingerprint density at radius 3 is 2.13 bits per heavy atom. The predicted octanol–water partition coefficient (Wildman–Crippen LogP) is 0.423. The first kappa shape index (κ1) is 18.5. The molecule has 1 atom stereocenters. The predicted molar refractivity (Wildman–Crippen MR) is 72.2 cm³/mol. The lowest BCUT2D eigenvalue weighted by atomic mass is 10.2. The highest BCUT2D eigenvalue weighted by Crippen LogP contribution is 2.19. The monoisotopic (exact) mass is 350 g/mol. The zero-order valence-electron chi connectivity index (χ0n) is 11.7. The Morgan fingerprint density at radius 2 is 1.70 bits per heavy atom. The van der Waals surface area contributed by atoms with E-state index in [1.807, 2.05) is 0 Å². The highest BCUT2D eigenvalue weighted by atomic mass is 32.2. The number of halogens is 2. The summed E-state index contributed by atoms with van der Waals surface area (Å²) < 4.78 is 51.9. The SMILES string of the molecule is CC(OC(=O)c1ccc(S(=O)(=O)C(F)F)cc1)C(=O)NC(N)=O. The van der Waals surface area contributed by atoms with Crippen LogP contribution in [0.4, 0.5) is 13.6 Å². The molecule has 0 fully saturated rings. The number of nitrogens with two attached hydrogens (primary N) is 1. The first-order valence-electron chi connectivity index (χ1n) is 5.99. The zero-order chi connectivity index (χ0) is 17.8. The molecule has 11 heteroatoms. The summed E-state index contributed by atoms with van der Waals surface area (Å²) in [5.41, 5.74) is 4.56. The number of primary amides is 1. The lowest BCUT2D eigenvalue weighted by Crippen LogP contribution is -2.42. The van der Waals surface area contributed by atoms with Gasteiger partial charge in [0.05, 0.1) is 10.5 Å². The molecule has 1 unspecified atom stereocenters. The second kappa shape index (κ2) is 7.13. The standard InChI is InChI=1S/C12H12F2N2O6S/c1-6(9(17)16-12(15)19)22-10(18)7-2-4-8(5-3-7)23(20,21)11(13)14/h2-6,11H,1H3,(H3,15,16,17,19). The number of benzene rings is 1. The number of hydrogen-bond donors (Lipinski definition) is 2. The summed E-state index contributed by atoms with van der Waals surface area (Å²) in [4.78, 5) is 32.9. The summed E-state index contributed by atoms with van der Waals surface area (Å²) in [6.45, 7) is 1.17. The van der Waals surface area contributed by atoms with Crippen LogP contribution in [-0.4, -0.2) is 38.2 Å². The highest BCUT2D eigenvalue weighted by Gasteiger charge is 2.27. The van der Waals surface area contributed by atoms with Crippen molar-refractivity contribution in [2.75, 3.05) is 0 Å². The molecule has 0 aliphatic rings. The van der Waals surface area contributed by atoms with Gasteiger partial charge in [-0.25, -0.2) is 18.0 Å². The van der Waals surface area contributed by atoms with Crippen LogP contribution in [0.3, 0.4) is 0 Å². The number of carbonyl (C=O) groups excluding carboxylic acids is 3. The van der Waals surface area contributed by atoms with E-state index in [4.69, 9.17) is 10.5 Å². The van der Waals surface area contributed by atoms with Gasteiger partial charge in [-0.1, -0.05) is 0 Å². The second-order valence-corrected chi connectivity index (χ2v) is 6.15. The molecule has 0 aliphatic heterocycles. The minimum Gasteiger partial charge on any atom is -0.449 e. The van der Waals surface area contributed by atoms with Gasteiger partial charge in [-0.15, -0.1) is 0 Å². The van der Waals surface area contributed by atoms with Crippen LogP contribution in [0.15, 0.2) is 29.2 Å². The molecular formula is C12H12F2N2O6S. The maximum absolute atomic E-state index is 12.4. The van der Waals surface area contributed by atoms with Gasteiger partial charge in [-0.3, -0.25) is 10.1 Å². The van der Waals surface area contributed by atoms with Crippen molar-refractivity contribution in [2.24, 2.45) is 5.73 Å². The number of amides is 3. The average Bonchev–Trinajstić information content (AvgIpc) is 2.46. The minimum atomic E-state index is -4.77. The van der Waals surface area contributed by atoms with Crippen molar-refractivity contribution in [3.63, 3.8) is 0 Å². The zero-order valence-corrected chi connectivity index (χ0v) is 12.5. The molecule has 3 amide bonds. The van der Waals surface area contributed by atoms with E-state index in [-0.39, 0.29) is 5.56 Å². The number of sulfone groups is 1. The van der Waals surface area contributed by atoms with Crippen LogP contribution < -0.4 is 11.1 Å². The van der Waals surface area contributed by atoms with Crippen molar-refractivity contribution in [1.82, 2.24) is 5.32 Å². The second-order valence-electron chi connectivity index (χ2n) is 4.23. The van der Waals surface area contributed by atoms with Gasteiger partial charge in [0.25, 0.3) is 5.91 Å². The summed E-state index contributed by atoms with van der Waals surface area (Å²) in [6, 6.07) is 2.41. The van der Waals surface area contributed by atoms with E-state index in [0.717, 1.165) is 24.3 Å². The molecule has 126 valence electrons. The van der Waals surface area contributed by atoms with E-state index >= 15 is 0 Å². The molecule has 0 bridgehead atoms. The molecule has 0 aliphatic carbocycles. The lowest BCUT2D eigenvalue weighted by Gasteiger charge is -2.12. The van der Waals surface area contributed by atoms with Gasteiger partial charge < -0.3 is 10.5 Å². The summed E-state index contributed by atoms with van der Waals surface area (Å²) in [6.07, 6.45) is -1.35. The number of carbonyl (C=O) groups is 3. The number of imide groups is 1. The third kappa shape index (κ3) is 4.71. The maximum atomic E-state index is 12.4. The fourth-order valence-corrected chi connectivity index (χ4v) is 2.11. The van der Waals surface area contributed by atoms with Gasteiger partial charge in [0.1, 0.15) is 0 Å². The molecule has 0 spiro atoms. The van der Waals surface area contributed by atoms with Gasteiger partial charge in [0, 0.05) is 0 Å². The quantitative estimate of drug-likeness (QED) is 0.740. The van der Waals surface area contributed by atoms with Crippen LogP contribution >= 0.6 is 0 Å². The first-order chi connectivity index (χ1) is 10.6. The molecule has 1 rings (SSSR count). The number of esters is 1. The van der Waals surface area contributed by atoms with Gasteiger partial charge in [-0.05, 0) is 31.2 Å². The number of hydrogen-bond acceptors (Lipinski definition) is 6. The lowest BCUT2D eigenvalue weighted by molar-refractivity contribution is -0.127. The number of nitrogens with one attached hydrogen (secondary N) is 1. The van der Waals surface area contributed by atoms with Crippen LogP contribution in [0, 0.1) is 0 Å². The van der Waals surface area contributed by atoms with Gasteiger partial charge in [-0.2, -0.15) is 8.78 Å². The molecule has 3 N–H and O–H groups in total. The summed E-state index contributed by atoms with van der Waals surface area (Å²) >= 11 is 0. The molecule has 8 nitrogen and oxygen atoms in total. The number of urea groups is 1. The van der Waals surface area contributed by atoms with Crippen molar-refractivity contribution < 1.29 is 36.3 Å². The molecule has 0 heterocycles. The molecule has 1 aromatic rings. The van der Waals surface area contributed by atoms with E-state index in [9.17, 15) is 31.6 Å². The number of alkyl halides is 2. The third-order valence-electron chi connectivity index (χ3n) is 2.55. The van der Waals surface area contributed by atoms with E-state index in [2.05, 4.69) is 0 Å². The van der Waals surface area contributed by atoms with Gasteiger partial charge in [0.15, 0.2) is 6.10 Å². The van der Waals surface area contributed by atoms with Gasteiger partial charge >= 0.3 is 17.8 Å². The topological polar surface area (TPSA) is 133 Å². The fraction of sp³-hybridized carbons (Fsp3) is 0.250. The number of rotatable bonds is 5. The molecule has 0 saturated carbocycles. The Labute approximate surface area is 129 Å². The normalized spacial score (nSPS) is 12.5. The molecular weight excluding hydrogens is 338 g/mol. The highest BCUT2D eigenvalue weighted by molar-refractivity contribution is 7.91. The minimum absolute atomic E-state index is 0.169. The fourth-order valence-electron chi connectivity index (χ4n) is 1.39. The Hall–Kier alpha value is -2.56. The van der Waals surface area contributed by atoms with E-state index < -0.39 is 44.5 Å². The van der Waals surface area contributed by atoms with Gasteiger partial charge in [0.2, 0.25) is 9.84 Å². The van der Waals surface area contributed by atoms with Crippen LogP contribution in [0.1, 0.15) is 17.3 Å². The van der Waals surface area contributed by atoms with Crippen molar-refractivity contribution in [3.05, 3.63) is 29.8 Å². The maximum Gasteiger partial charge on any atom is 0.341 e. The van der Waals surface area contributed by atoms with Crippen LogP contribution in [0.2, 0.25) is 0 Å². The Kier molecular flexibility index (Phi) is 5.73. The van der Waals surface area contributed by atoms with Crippen LogP contribution in [0.25, 0.3) is 0 Å². The van der Waals surface area contributed by atoms with E-state index in [1.165, 1.54) is 6.92 Å². The molecule has 23 heavy (non-hydrogen) atoms. The molecule has 1 aromatic carbocycles. The van der Waals surface area contributed by atoms with Crippen LogP contribution in [-0.2, 0) is 19.4 Å².